The fourth-order valence-corrected chi connectivity index (χ4v) is 6.90. The van der Waals surface area contributed by atoms with Crippen molar-refractivity contribution in [2.24, 2.45) is 0 Å². The zero-order chi connectivity index (χ0) is 26.8. The van der Waals surface area contributed by atoms with Gasteiger partial charge in [0.2, 0.25) is 11.9 Å². The van der Waals surface area contributed by atoms with E-state index in [4.69, 9.17) is 19.7 Å². The number of carbonyl (C=O) groups is 1. The van der Waals surface area contributed by atoms with Crippen LogP contribution in [0.5, 0.6) is 0 Å². The molecular weight excluding hydrogens is 511 g/mol. The maximum atomic E-state index is 13.1. The molecule has 5 aliphatic rings. The number of likely N-dealkylation sites (tertiary alicyclic amines) is 1. The van der Waals surface area contributed by atoms with Crippen LogP contribution in [0.3, 0.4) is 0 Å². The SMILES string of the molecule is O=C(CN1CC(F)C1)N1CCc2nc(Nc3ncc4cc(C5COC5)nc(N5C6CCC5CC6)c4n3)ccc2C1. The number of amides is 1. The summed E-state index contributed by atoms with van der Waals surface area (Å²) in [6, 6.07) is 7.15. The zero-order valence-electron chi connectivity index (χ0n) is 22.4. The van der Waals surface area contributed by atoms with E-state index in [-0.39, 0.29) is 12.5 Å². The molecule has 1 N–H and O–H groups in total. The van der Waals surface area contributed by atoms with Gasteiger partial charge in [-0.2, -0.15) is 0 Å². The van der Waals surface area contributed by atoms with Crippen molar-refractivity contribution in [2.75, 3.05) is 49.6 Å². The molecule has 0 aliphatic carbocycles. The van der Waals surface area contributed by atoms with Crippen LogP contribution >= 0.6 is 0 Å². The number of rotatable bonds is 6. The van der Waals surface area contributed by atoms with E-state index in [0.717, 1.165) is 46.9 Å². The first kappa shape index (κ1) is 24.4. The predicted octanol–water partition coefficient (Wildman–Crippen LogP) is 2.95. The van der Waals surface area contributed by atoms with Crippen LogP contribution in [0.25, 0.3) is 10.9 Å². The van der Waals surface area contributed by atoms with Gasteiger partial charge in [-0.25, -0.2) is 24.3 Å². The van der Waals surface area contributed by atoms with Crippen LogP contribution in [-0.2, 0) is 22.5 Å². The smallest absolute Gasteiger partial charge is 0.237 e. The molecule has 2 bridgehead atoms. The predicted molar refractivity (Wildman–Crippen MR) is 147 cm³/mol. The second kappa shape index (κ2) is 9.59. The van der Waals surface area contributed by atoms with Crippen LogP contribution in [0.1, 0.15) is 48.6 Å². The van der Waals surface area contributed by atoms with Crippen molar-refractivity contribution in [3.05, 3.63) is 41.3 Å². The Labute approximate surface area is 231 Å². The van der Waals surface area contributed by atoms with E-state index in [1.165, 1.54) is 25.7 Å². The molecular formula is C29H33FN8O2. The third-order valence-electron chi connectivity index (χ3n) is 9.23. The number of anilines is 3. The number of alkyl halides is 1. The van der Waals surface area contributed by atoms with Gasteiger partial charge in [-0.3, -0.25) is 9.69 Å². The number of ether oxygens (including phenoxy) is 1. The number of halogens is 1. The van der Waals surface area contributed by atoms with Gasteiger partial charge in [0.1, 0.15) is 17.5 Å². The number of hydrogen-bond acceptors (Lipinski definition) is 9. The quantitative estimate of drug-likeness (QED) is 0.502. The number of nitrogens with one attached hydrogen (secondary N) is 1. The molecule has 8 rings (SSSR count). The maximum Gasteiger partial charge on any atom is 0.237 e. The molecule has 8 heterocycles. The summed E-state index contributed by atoms with van der Waals surface area (Å²) in [7, 11) is 0. The van der Waals surface area contributed by atoms with Crippen LogP contribution in [0.15, 0.2) is 24.4 Å². The topological polar surface area (TPSA) is 99.6 Å². The standard InChI is InChI=1S/C29H33FN8O2/c30-20-12-36(13-20)14-26(39)37-8-7-23-17(11-37)1-6-25(32-23)34-29-31-10-18-9-24(19-15-40-16-19)33-28(27(18)35-29)38-21-2-3-22(38)5-4-21/h1,6,9-10,19-22H,2-5,7-8,11-16H2,(H,31,32,34,35). The van der Waals surface area contributed by atoms with Crippen molar-refractivity contribution in [1.82, 2.24) is 29.7 Å². The maximum absolute atomic E-state index is 13.1. The van der Waals surface area contributed by atoms with E-state index in [1.807, 2.05) is 28.1 Å². The van der Waals surface area contributed by atoms with Crippen molar-refractivity contribution < 1.29 is 13.9 Å². The zero-order valence-corrected chi connectivity index (χ0v) is 22.4. The van der Waals surface area contributed by atoms with Gasteiger partial charge in [0.05, 0.1) is 25.5 Å². The summed E-state index contributed by atoms with van der Waals surface area (Å²) in [4.78, 5) is 38.5. The first-order valence-corrected chi connectivity index (χ1v) is 14.5. The Morgan fingerprint density at radius 1 is 1.07 bits per heavy atom. The molecule has 208 valence electrons. The van der Waals surface area contributed by atoms with Crippen molar-refractivity contribution in [3.8, 4) is 0 Å². The number of aromatic nitrogens is 4. The van der Waals surface area contributed by atoms with Crippen LogP contribution in [0, 0.1) is 0 Å². The summed E-state index contributed by atoms with van der Waals surface area (Å²) >= 11 is 0. The van der Waals surface area contributed by atoms with E-state index >= 15 is 0 Å². The van der Waals surface area contributed by atoms with Crippen LogP contribution in [0.2, 0.25) is 0 Å². The number of pyridine rings is 2. The molecule has 5 aliphatic heterocycles. The van der Waals surface area contributed by atoms with Crippen molar-refractivity contribution in [2.45, 2.75) is 62.8 Å². The molecule has 0 aromatic carbocycles. The average molecular weight is 545 g/mol. The van der Waals surface area contributed by atoms with Gasteiger partial charge in [0, 0.05) is 67.9 Å². The molecule has 0 spiro atoms. The molecule has 4 saturated heterocycles. The summed E-state index contributed by atoms with van der Waals surface area (Å²) in [5, 5.41) is 4.33. The van der Waals surface area contributed by atoms with E-state index in [1.54, 1.807) is 0 Å². The summed E-state index contributed by atoms with van der Waals surface area (Å²) in [6.07, 6.45) is 6.66. The van der Waals surface area contributed by atoms with E-state index in [9.17, 15) is 9.18 Å². The number of nitrogens with zero attached hydrogens (tertiary/aromatic N) is 7. The van der Waals surface area contributed by atoms with Crippen LogP contribution in [-0.4, -0.2) is 93.3 Å². The Balaban J connectivity index is 1.03. The normalized spacial score (nSPS) is 24.7. The van der Waals surface area contributed by atoms with Crippen molar-refractivity contribution >= 4 is 34.4 Å². The van der Waals surface area contributed by atoms with Gasteiger partial charge in [0.25, 0.3) is 0 Å². The van der Waals surface area contributed by atoms with Gasteiger partial charge in [-0.15, -0.1) is 0 Å². The lowest BCUT2D eigenvalue weighted by atomic mass is 10.0. The highest BCUT2D eigenvalue weighted by molar-refractivity contribution is 5.90. The fraction of sp³-hybridized carbons (Fsp3) is 0.552. The Morgan fingerprint density at radius 2 is 1.88 bits per heavy atom. The van der Waals surface area contributed by atoms with Gasteiger partial charge in [-0.1, -0.05) is 6.07 Å². The monoisotopic (exact) mass is 544 g/mol. The number of carbonyl (C=O) groups excluding carboxylic acids is 1. The first-order valence-electron chi connectivity index (χ1n) is 14.5. The van der Waals surface area contributed by atoms with Gasteiger partial charge >= 0.3 is 0 Å². The molecule has 40 heavy (non-hydrogen) atoms. The van der Waals surface area contributed by atoms with Crippen molar-refractivity contribution in [1.29, 1.82) is 0 Å². The Hall–Kier alpha value is -3.44. The summed E-state index contributed by atoms with van der Waals surface area (Å²) in [5.74, 6) is 2.56. The van der Waals surface area contributed by atoms with Gasteiger partial charge in [0.15, 0.2) is 5.82 Å². The number of hydrogen-bond donors (Lipinski definition) is 1. The first-order chi connectivity index (χ1) is 19.6. The Morgan fingerprint density at radius 3 is 2.60 bits per heavy atom. The van der Waals surface area contributed by atoms with Gasteiger partial charge < -0.3 is 19.9 Å². The molecule has 4 fully saturated rings. The third kappa shape index (κ3) is 4.26. The van der Waals surface area contributed by atoms with E-state index in [0.29, 0.717) is 62.4 Å². The molecule has 11 heteroatoms. The third-order valence-corrected chi connectivity index (χ3v) is 9.23. The van der Waals surface area contributed by atoms with Crippen LogP contribution < -0.4 is 10.2 Å². The highest BCUT2D eigenvalue weighted by Gasteiger charge is 2.41. The second-order valence-electron chi connectivity index (χ2n) is 11.9. The second-order valence-corrected chi connectivity index (χ2v) is 11.9. The summed E-state index contributed by atoms with van der Waals surface area (Å²) in [5.41, 5.74) is 3.98. The molecule has 0 saturated carbocycles. The molecule has 3 aromatic heterocycles. The molecule has 1 amide bonds. The molecule has 3 aromatic rings. The van der Waals surface area contributed by atoms with Crippen molar-refractivity contribution in [3.63, 3.8) is 0 Å². The summed E-state index contributed by atoms with van der Waals surface area (Å²) < 4.78 is 18.6. The minimum atomic E-state index is -0.797. The molecule has 0 atom stereocenters. The lowest BCUT2D eigenvalue weighted by Gasteiger charge is -2.36. The Bertz CT molecular complexity index is 1460. The molecule has 0 radical (unpaired) electrons. The van der Waals surface area contributed by atoms with Gasteiger partial charge in [-0.05, 0) is 43.4 Å². The lowest BCUT2D eigenvalue weighted by molar-refractivity contribution is -0.135. The Kier molecular flexibility index (Phi) is 5.84. The van der Waals surface area contributed by atoms with E-state index in [2.05, 4.69) is 21.3 Å². The largest absolute Gasteiger partial charge is 0.380 e. The minimum absolute atomic E-state index is 0.0492. The number of fused-ring (bicyclic) bond motifs is 4. The highest BCUT2D eigenvalue weighted by Crippen LogP contribution is 2.43. The fourth-order valence-electron chi connectivity index (χ4n) is 6.90. The van der Waals surface area contributed by atoms with E-state index < -0.39 is 6.17 Å². The van der Waals surface area contributed by atoms with Crippen LogP contribution in [0.4, 0.5) is 22.0 Å². The highest BCUT2D eigenvalue weighted by atomic mass is 19.1. The average Bonchev–Trinajstić information content (AvgIpc) is 3.51. The molecule has 0 unspecified atom stereocenters. The molecule has 10 nitrogen and oxygen atoms in total. The summed E-state index contributed by atoms with van der Waals surface area (Å²) in [6.45, 7) is 3.59. The minimum Gasteiger partial charge on any atom is -0.380 e. The lowest BCUT2D eigenvalue weighted by Crippen LogP contribution is -2.53.